The Morgan fingerprint density at radius 3 is 2.45 bits per heavy atom. The molecule has 164 valence electrons. The van der Waals surface area contributed by atoms with Gasteiger partial charge in [-0.3, -0.25) is 14.2 Å². The first-order valence-corrected chi connectivity index (χ1v) is 9.63. The molecule has 0 aliphatic rings. The van der Waals surface area contributed by atoms with Gasteiger partial charge in [0.05, 0.1) is 23.8 Å². The minimum absolute atomic E-state index is 0.00133. The third-order valence-corrected chi connectivity index (χ3v) is 5.14. The maximum atomic E-state index is 13.6. The van der Waals surface area contributed by atoms with Crippen LogP contribution >= 0.6 is 0 Å². The SMILES string of the molecule is CC[C@@H](C(=O)Nc1ccccc1OC)n1c(=O)c(C(F)(F)F)nc2cc(C)c(C)cc21. The molecule has 1 heterocycles. The van der Waals surface area contributed by atoms with Crippen molar-refractivity contribution in [3.8, 4) is 5.75 Å². The van der Waals surface area contributed by atoms with Gasteiger partial charge in [0.15, 0.2) is 0 Å². The summed E-state index contributed by atoms with van der Waals surface area (Å²) in [6.45, 7) is 5.14. The summed E-state index contributed by atoms with van der Waals surface area (Å²) < 4.78 is 46.8. The van der Waals surface area contributed by atoms with Crippen LogP contribution in [0.5, 0.6) is 5.75 Å². The fraction of sp³-hybridized carbons (Fsp3) is 0.318. The molecule has 0 fully saturated rings. The Kier molecular flexibility index (Phi) is 6.06. The Balaban J connectivity index is 2.22. The van der Waals surface area contributed by atoms with Crippen LogP contribution in [-0.2, 0) is 11.0 Å². The van der Waals surface area contributed by atoms with E-state index in [1.54, 1.807) is 51.1 Å². The summed E-state index contributed by atoms with van der Waals surface area (Å²) in [4.78, 5) is 29.6. The molecule has 3 rings (SSSR count). The van der Waals surface area contributed by atoms with Gasteiger partial charge >= 0.3 is 6.18 Å². The molecular formula is C22H22F3N3O3. The van der Waals surface area contributed by atoms with Crippen molar-refractivity contribution in [2.45, 2.75) is 39.4 Å². The number of carbonyl (C=O) groups is 1. The number of hydrogen-bond acceptors (Lipinski definition) is 4. The minimum atomic E-state index is -4.96. The molecule has 0 bridgehead atoms. The number of anilines is 1. The first-order valence-electron chi connectivity index (χ1n) is 9.63. The van der Waals surface area contributed by atoms with Crippen LogP contribution in [0.15, 0.2) is 41.2 Å². The summed E-state index contributed by atoms with van der Waals surface area (Å²) in [6.07, 6.45) is -4.87. The lowest BCUT2D eigenvalue weighted by molar-refractivity contribution is -0.142. The van der Waals surface area contributed by atoms with E-state index in [1.165, 1.54) is 13.2 Å². The van der Waals surface area contributed by atoms with Crippen molar-refractivity contribution < 1.29 is 22.7 Å². The van der Waals surface area contributed by atoms with E-state index in [4.69, 9.17) is 4.74 Å². The van der Waals surface area contributed by atoms with Crippen molar-refractivity contribution in [3.63, 3.8) is 0 Å². The molecule has 1 N–H and O–H groups in total. The highest BCUT2D eigenvalue weighted by atomic mass is 19.4. The average molecular weight is 433 g/mol. The number of amides is 1. The maximum Gasteiger partial charge on any atom is 0.438 e. The standard InChI is InChI=1S/C22H22F3N3O3/c1-5-16(20(29)27-14-8-6-7-9-18(14)31-4)28-17-11-13(3)12(2)10-15(17)26-19(21(28)30)22(23,24)25/h6-11,16H,5H2,1-4H3,(H,27,29)/t16-/m0/s1. The second-order valence-electron chi connectivity index (χ2n) is 7.17. The number of nitrogens with zero attached hydrogens (tertiary/aromatic N) is 2. The highest BCUT2D eigenvalue weighted by Gasteiger charge is 2.39. The minimum Gasteiger partial charge on any atom is -0.495 e. The summed E-state index contributed by atoms with van der Waals surface area (Å²) in [6, 6.07) is 8.52. The van der Waals surface area contributed by atoms with Crippen LogP contribution in [0.3, 0.4) is 0 Å². The van der Waals surface area contributed by atoms with Crippen molar-refractivity contribution in [1.82, 2.24) is 9.55 Å². The molecule has 0 spiro atoms. The number of carbonyl (C=O) groups excluding carboxylic acids is 1. The summed E-state index contributed by atoms with van der Waals surface area (Å²) in [5.74, 6) is -0.243. The highest BCUT2D eigenvalue weighted by Crippen LogP contribution is 2.30. The van der Waals surface area contributed by atoms with E-state index in [0.717, 1.165) is 15.7 Å². The van der Waals surface area contributed by atoms with Crippen LogP contribution in [0.4, 0.5) is 18.9 Å². The first-order chi connectivity index (χ1) is 14.6. The van der Waals surface area contributed by atoms with Gasteiger partial charge in [-0.25, -0.2) is 4.98 Å². The molecule has 1 aromatic heterocycles. The average Bonchev–Trinajstić information content (AvgIpc) is 2.71. The molecule has 1 atom stereocenters. The molecule has 3 aromatic rings. The second-order valence-corrected chi connectivity index (χ2v) is 7.17. The van der Waals surface area contributed by atoms with Crippen LogP contribution in [0.25, 0.3) is 11.0 Å². The Morgan fingerprint density at radius 2 is 1.84 bits per heavy atom. The van der Waals surface area contributed by atoms with Crippen LogP contribution < -0.4 is 15.6 Å². The van der Waals surface area contributed by atoms with Gasteiger partial charge in [0.2, 0.25) is 11.6 Å². The fourth-order valence-corrected chi connectivity index (χ4v) is 3.40. The van der Waals surface area contributed by atoms with E-state index < -0.39 is 29.4 Å². The topological polar surface area (TPSA) is 73.2 Å². The number of hydrogen-bond donors (Lipinski definition) is 1. The Bertz CT molecular complexity index is 1200. The second kappa shape index (κ2) is 8.41. The molecule has 31 heavy (non-hydrogen) atoms. The smallest absolute Gasteiger partial charge is 0.438 e. The number of para-hydroxylation sites is 2. The van der Waals surface area contributed by atoms with Crippen LogP contribution in [0, 0.1) is 13.8 Å². The normalized spacial score (nSPS) is 12.6. The third kappa shape index (κ3) is 4.26. The van der Waals surface area contributed by atoms with Gasteiger partial charge < -0.3 is 10.1 Å². The van der Waals surface area contributed by atoms with E-state index in [-0.39, 0.29) is 17.5 Å². The number of fused-ring (bicyclic) bond motifs is 1. The summed E-state index contributed by atoms with van der Waals surface area (Å²) in [5, 5.41) is 2.66. The number of ether oxygens (including phenoxy) is 1. The monoisotopic (exact) mass is 433 g/mol. The van der Waals surface area contributed by atoms with Crippen molar-refractivity contribution in [2.75, 3.05) is 12.4 Å². The molecule has 0 saturated carbocycles. The molecule has 0 aliphatic heterocycles. The molecule has 0 aliphatic carbocycles. The fourth-order valence-electron chi connectivity index (χ4n) is 3.40. The molecular weight excluding hydrogens is 411 g/mol. The Labute approximate surface area is 176 Å². The number of aryl methyl sites for hydroxylation is 2. The molecule has 0 saturated heterocycles. The van der Waals surface area contributed by atoms with Crippen molar-refractivity contribution in [3.05, 3.63) is 63.6 Å². The zero-order valence-corrected chi connectivity index (χ0v) is 17.5. The van der Waals surface area contributed by atoms with Crippen LogP contribution in [-0.4, -0.2) is 22.6 Å². The Morgan fingerprint density at radius 1 is 1.19 bits per heavy atom. The molecule has 9 heteroatoms. The zero-order chi connectivity index (χ0) is 22.9. The Hall–Kier alpha value is -3.36. The predicted octanol–water partition coefficient (Wildman–Crippen LogP) is 4.63. The van der Waals surface area contributed by atoms with Crippen LogP contribution in [0.1, 0.15) is 36.2 Å². The van der Waals surface area contributed by atoms with Crippen molar-refractivity contribution >= 4 is 22.6 Å². The van der Waals surface area contributed by atoms with Crippen LogP contribution in [0.2, 0.25) is 0 Å². The largest absolute Gasteiger partial charge is 0.495 e. The predicted molar refractivity (Wildman–Crippen MR) is 111 cm³/mol. The number of rotatable bonds is 5. The van der Waals surface area contributed by atoms with E-state index in [0.29, 0.717) is 11.4 Å². The molecule has 1 amide bonds. The van der Waals surface area contributed by atoms with Crippen molar-refractivity contribution in [1.29, 1.82) is 0 Å². The van der Waals surface area contributed by atoms with Crippen molar-refractivity contribution in [2.24, 2.45) is 0 Å². The summed E-state index contributed by atoms with van der Waals surface area (Å²) in [5.41, 5.74) is -0.895. The van der Waals surface area contributed by atoms with Gasteiger partial charge in [0.25, 0.3) is 5.56 Å². The number of halogens is 3. The molecule has 0 radical (unpaired) electrons. The molecule has 2 aromatic carbocycles. The zero-order valence-electron chi connectivity index (χ0n) is 17.5. The number of alkyl halides is 3. The third-order valence-electron chi connectivity index (χ3n) is 5.14. The number of methoxy groups -OCH3 is 1. The first kappa shape index (κ1) is 22.3. The maximum absolute atomic E-state index is 13.6. The number of aromatic nitrogens is 2. The van der Waals surface area contributed by atoms with E-state index in [9.17, 15) is 22.8 Å². The van der Waals surface area contributed by atoms with Gasteiger partial charge in [-0.15, -0.1) is 0 Å². The van der Waals surface area contributed by atoms with E-state index in [2.05, 4.69) is 10.3 Å². The summed E-state index contributed by atoms with van der Waals surface area (Å²) in [7, 11) is 1.43. The van der Waals surface area contributed by atoms with E-state index >= 15 is 0 Å². The summed E-state index contributed by atoms with van der Waals surface area (Å²) >= 11 is 0. The lowest BCUT2D eigenvalue weighted by Crippen LogP contribution is -2.37. The quantitative estimate of drug-likeness (QED) is 0.637. The van der Waals surface area contributed by atoms with Gasteiger partial charge in [0, 0.05) is 0 Å². The highest BCUT2D eigenvalue weighted by molar-refractivity contribution is 5.96. The molecule has 0 unspecified atom stereocenters. The lowest BCUT2D eigenvalue weighted by atomic mass is 10.1. The van der Waals surface area contributed by atoms with Gasteiger partial charge in [-0.1, -0.05) is 19.1 Å². The lowest BCUT2D eigenvalue weighted by Gasteiger charge is -2.22. The number of benzene rings is 2. The van der Waals surface area contributed by atoms with E-state index in [1.807, 2.05) is 0 Å². The number of nitrogens with one attached hydrogen (secondary N) is 1. The van der Waals surface area contributed by atoms with Gasteiger partial charge in [-0.2, -0.15) is 13.2 Å². The molecule has 6 nitrogen and oxygen atoms in total. The van der Waals surface area contributed by atoms with Gasteiger partial charge in [0.1, 0.15) is 11.8 Å². The van der Waals surface area contributed by atoms with Gasteiger partial charge in [-0.05, 0) is 55.7 Å².